The molecule has 0 bridgehead atoms. The second kappa shape index (κ2) is 8.45. The number of aromatic amines is 1. The molecule has 1 aromatic heterocycles. The number of nitrogens with one attached hydrogen (secondary N) is 1. The minimum absolute atomic E-state index is 0.0149. The van der Waals surface area contributed by atoms with Gasteiger partial charge in [0.1, 0.15) is 11.6 Å². The number of hydrogen-bond acceptors (Lipinski definition) is 4. The van der Waals surface area contributed by atoms with Crippen molar-refractivity contribution in [1.82, 2.24) is 14.8 Å². The summed E-state index contributed by atoms with van der Waals surface area (Å²) in [5.41, 5.74) is 1.72. The maximum Gasteiger partial charge on any atom is 0.260 e. The molecule has 1 aliphatic rings. The van der Waals surface area contributed by atoms with E-state index in [1.807, 2.05) is 24.3 Å². The summed E-state index contributed by atoms with van der Waals surface area (Å²) in [5.74, 6) is 0.0410. The molecular weight excluding hydrogens is 373 g/mol. The lowest BCUT2D eigenvalue weighted by molar-refractivity contribution is -0.135. The highest BCUT2D eigenvalue weighted by molar-refractivity contribution is 5.78. The monoisotopic (exact) mass is 395 g/mol. The molecular formula is C22H22FN3O3. The standard InChI is InChI=1S/C22H22FN3O3/c23-16-5-7-18(8-6-16)29-15-22(28)26-11-9-25(10-12-26)14-17-13-21(27)19-3-1-2-4-20(19)24-17/h1-8,13H,9-12,14-15H2,(H,24,27). The molecule has 29 heavy (non-hydrogen) atoms. The van der Waals surface area contributed by atoms with E-state index in [1.165, 1.54) is 24.3 Å². The number of nitrogens with zero attached hydrogens (tertiary/aromatic N) is 2. The number of rotatable bonds is 5. The van der Waals surface area contributed by atoms with Crippen molar-refractivity contribution in [3.63, 3.8) is 0 Å². The van der Waals surface area contributed by atoms with Gasteiger partial charge in [-0.15, -0.1) is 0 Å². The zero-order valence-corrected chi connectivity index (χ0v) is 15.9. The van der Waals surface area contributed by atoms with Crippen LogP contribution in [0.15, 0.2) is 59.4 Å². The molecule has 0 radical (unpaired) electrons. The molecule has 0 saturated carbocycles. The summed E-state index contributed by atoms with van der Waals surface area (Å²) in [5, 5.41) is 0.688. The normalized spacial score (nSPS) is 14.9. The van der Waals surface area contributed by atoms with Crippen LogP contribution in [-0.2, 0) is 11.3 Å². The van der Waals surface area contributed by atoms with E-state index in [2.05, 4.69) is 9.88 Å². The summed E-state index contributed by atoms with van der Waals surface area (Å²) in [4.78, 5) is 31.9. The van der Waals surface area contributed by atoms with Gasteiger partial charge in [-0.3, -0.25) is 14.5 Å². The van der Waals surface area contributed by atoms with E-state index >= 15 is 0 Å². The second-order valence-corrected chi connectivity index (χ2v) is 7.10. The Morgan fingerprint density at radius 3 is 2.52 bits per heavy atom. The molecule has 1 aliphatic heterocycles. The zero-order valence-electron chi connectivity index (χ0n) is 15.9. The van der Waals surface area contributed by atoms with Crippen molar-refractivity contribution in [1.29, 1.82) is 0 Å². The Morgan fingerprint density at radius 1 is 1.03 bits per heavy atom. The molecule has 0 aliphatic carbocycles. The molecule has 1 saturated heterocycles. The van der Waals surface area contributed by atoms with Crippen LogP contribution in [0.25, 0.3) is 10.9 Å². The maximum absolute atomic E-state index is 12.9. The first-order valence-corrected chi connectivity index (χ1v) is 9.58. The Bertz CT molecular complexity index is 1060. The van der Waals surface area contributed by atoms with Crippen molar-refractivity contribution in [2.45, 2.75) is 6.54 Å². The van der Waals surface area contributed by atoms with E-state index in [4.69, 9.17) is 4.74 Å². The molecule has 2 heterocycles. The number of piperazine rings is 1. The topological polar surface area (TPSA) is 65.6 Å². The maximum atomic E-state index is 12.9. The Hall–Kier alpha value is -3.19. The van der Waals surface area contributed by atoms with E-state index in [1.54, 1.807) is 11.0 Å². The lowest BCUT2D eigenvalue weighted by atomic mass is 10.2. The highest BCUT2D eigenvalue weighted by atomic mass is 19.1. The van der Waals surface area contributed by atoms with Crippen LogP contribution in [0.1, 0.15) is 5.69 Å². The Labute approximate surface area is 167 Å². The number of amides is 1. The smallest absolute Gasteiger partial charge is 0.260 e. The minimum Gasteiger partial charge on any atom is -0.484 e. The number of para-hydroxylation sites is 1. The lowest BCUT2D eigenvalue weighted by Gasteiger charge is -2.34. The third kappa shape index (κ3) is 4.63. The summed E-state index contributed by atoms with van der Waals surface area (Å²) in [7, 11) is 0. The molecule has 1 amide bonds. The van der Waals surface area contributed by atoms with Gasteiger partial charge in [0.15, 0.2) is 12.0 Å². The van der Waals surface area contributed by atoms with Crippen molar-refractivity contribution in [3.8, 4) is 5.75 Å². The van der Waals surface area contributed by atoms with E-state index < -0.39 is 0 Å². The first-order chi connectivity index (χ1) is 14.1. The number of pyridine rings is 1. The van der Waals surface area contributed by atoms with Crippen molar-refractivity contribution in [2.75, 3.05) is 32.8 Å². The zero-order chi connectivity index (χ0) is 20.2. The molecule has 1 N–H and O–H groups in total. The van der Waals surface area contributed by atoms with Crippen LogP contribution in [0.5, 0.6) is 5.75 Å². The molecule has 0 atom stereocenters. The summed E-state index contributed by atoms with van der Waals surface area (Å²) >= 11 is 0. The minimum atomic E-state index is -0.340. The van der Waals surface area contributed by atoms with Gasteiger partial charge in [-0.25, -0.2) is 4.39 Å². The quantitative estimate of drug-likeness (QED) is 0.721. The first-order valence-electron chi connectivity index (χ1n) is 9.58. The van der Waals surface area contributed by atoms with Crippen LogP contribution < -0.4 is 10.2 Å². The summed E-state index contributed by atoms with van der Waals surface area (Å²) < 4.78 is 18.4. The van der Waals surface area contributed by atoms with E-state index in [0.717, 1.165) is 24.3 Å². The van der Waals surface area contributed by atoms with Crippen molar-refractivity contribution >= 4 is 16.8 Å². The molecule has 4 rings (SSSR count). The van der Waals surface area contributed by atoms with Crippen LogP contribution >= 0.6 is 0 Å². The van der Waals surface area contributed by atoms with Crippen LogP contribution in [0.4, 0.5) is 4.39 Å². The van der Waals surface area contributed by atoms with Gasteiger partial charge in [0, 0.05) is 55.4 Å². The van der Waals surface area contributed by atoms with Crippen molar-refractivity contribution in [3.05, 3.63) is 76.3 Å². The van der Waals surface area contributed by atoms with E-state index in [0.29, 0.717) is 30.8 Å². The molecule has 3 aromatic rings. The molecule has 7 heteroatoms. The molecule has 0 unspecified atom stereocenters. The molecule has 2 aromatic carbocycles. The average molecular weight is 395 g/mol. The van der Waals surface area contributed by atoms with E-state index in [9.17, 15) is 14.0 Å². The molecule has 6 nitrogen and oxygen atoms in total. The molecule has 1 fully saturated rings. The second-order valence-electron chi connectivity index (χ2n) is 7.10. The summed E-state index contributed by atoms with van der Waals surface area (Å²) in [6.45, 7) is 3.21. The van der Waals surface area contributed by atoms with Crippen molar-refractivity contribution < 1.29 is 13.9 Å². The largest absolute Gasteiger partial charge is 0.484 e. The third-order valence-electron chi connectivity index (χ3n) is 5.09. The number of ether oxygens (including phenoxy) is 1. The Morgan fingerprint density at radius 2 is 1.76 bits per heavy atom. The Kier molecular flexibility index (Phi) is 5.57. The van der Waals surface area contributed by atoms with Gasteiger partial charge < -0.3 is 14.6 Å². The predicted octanol–water partition coefficient (Wildman–Crippen LogP) is 2.39. The number of carbonyl (C=O) groups excluding carboxylic acids is 1. The SMILES string of the molecule is O=C(COc1ccc(F)cc1)N1CCN(Cc2cc(=O)c3ccccc3[nH]2)CC1. The fourth-order valence-electron chi connectivity index (χ4n) is 3.50. The van der Waals surface area contributed by atoms with Crippen LogP contribution in [0.2, 0.25) is 0 Å². The van der Waals surface area contributed by atoms with Crippen LogP contribution in [-0.4, -0.2) is 53.5 Å². The first kappa shape index (κ1) is 19.1. The van der Waals surface area contributed by atoms with Gasteiger partial charge in [-0.05, 0) is 36.4 Å². The molecule has 150 valence electrons. The van der Waals surface area contributed by atoms with Gasteiger partial charge in [-0.2, -0.15) is 0 Å². The van der Waals surface area contributed by atoms with Crippen molar-refractivity contribution in [2.24, 2.45) is 0 Å². The average Bonchev–Trinajstić information content (AvgIpc) is 2.74. The molecule has 0 spiro atoms. The third-order valence-corrected chi connectivity index (χ3v) is 5.09. The highest BCUT2D eigenvalue weighted by Gasteiger charge is 2.21. The van der Waals surface area contributed by atoms with Gasteiger partial charge >= 0.3 is 0 Å². The Balaban J connectivity index is 1.29. The summed E-state index contributed by atoms with van der Waals surface area (Å²) in [6, 6.07) is 14.7. The number of halogens is 1. The van der Waals surface area contributed by atoms with Crippen LogP contribution in [0.3, 0.4) is 0 Å². The fraction of sp³-hybridized carbons (Fsp3) is 0.273. The highest BCUT2D eigenvalue weighted by Crippen LogP contribution is 2.13. The van der Waals surface area contributed by atoms with Gasteiger partial charge in [0.2, 0.25) is 0 Å². The van der Waals surface area contributed by atoms with E-state index in [-0.39, 0.29) is 23.8 Å². The lowest BCUT2D eigenvalue weighted by Crippen LogP contribution is -2.49. The number of fused-ring (bicyclic) bond motifs is 1. The van der Waals surface area contributed by atoms with Crippen LogP contribution in [0, 0.1) is 5.82 Å². The van der Waals surface area contributed by atoms with Gasteiger partial charge in [0.05, 0.1) is 0 Å². The number of aromatic nitrogens is 1. The number of carbonyl (C=O) groups is 1. The number of benzene rings is 2. The summed E-state index contributed by atoms with van der Waals surface area (Å²) in [6.07, 6.45) is 0. The number of hydrogen-bond donors (Lipinski definition) is 1. The fourth-order valence-corrected chi connectivity index (χ4v) is 3.50. The van der Waals surface area contributed by atoms with Gasteiger partial charge in [-0.1, -0.05) is 12.1 Å². The number of H-pyrrole nitrogens is 1. The predicted molar refractivity (Wildman–Crippen MR) is 108 cm³/mol. The van der Waals surface area contributed by atoms with Gasteiger partial charge in [0.25, 0.3) is 5.91 Å².